The second-order valence-electron chi connectivity index (χ2n) is 4.00. The summed E-state index contributed by atoms with van der Waals surface area (Å²) >= 11 is 1.12. The van der Waals surface area contributed by atoms with E-state index in [1.54, 1.807) is 12.1 Å². The molecule has 106 valence electrons. The predicted molar refractivity (Wildman–Crippen MR) is 76.1 cm³/mol. The average Bonchev–Trinajstić information content (AvgIpc) is 2.73. The number of nitrogens with two attached hydrogens (primary N) is 2. The molecule has 3 amide bonds. The molecular formula is C12H13FN4O2S. The third-order valence-corrected chi connectivity index (χ3v) is 3.79. The molecule has 6 nitrogen and oxygen atoms in total. The van der Waals surface area contributed by atoms with E-state index in [1.807, 2.05) is 0 Å². The first-order valence-corrected chi connectivity index (χ1v) is 6.60. The molecule has 0 aliphatic carbocycles. The van der Waals surface area contributed by atoms with Gasteiger partial charge in [-0.25, -0.2) is 9.18 Å². The average molecular weight is 296 g/mol. The van der Waals surface area contributed by atoms with Crippen molar-refractivity contribution < 1.29 is 14.0 Å². The Morgan fingerprint density at radius 2 is 1.95 bits per heavy atom. The number of benzene rings is 1. The first-order chi connectivity index (χ1) is 9.50. The lowest BCUT2D eigenvalue weighted by Gasteiger charge is -2.04. The van der Waals surface area contributed by atoms with Crippen LogP contribution in [-0.2, 0) is 0 Å². The number of nitrogen functional groups attached to an aromatic ring is 1. The van der Waals surface area contributed by atoms with Crippen molar-refractivity contribution in [3.05, 3.63) is 28.9 Å². The van der Waals surface area contributed by atoms with Crippen LogP contribution in [0.25, 0.3) is 10.1 Å². The molecule has 0 aliphatic rings. The van der Waals surface area contributed by atoms with Gasteiger partial charge < -0.3 is 22.1 Å². The van der Waals surface area contributed by atoms with E-state index < -0.39 is 17.8 Å². The maximum Gasteiger partial charge on any atom is 0.312 e. The molecule has 1 heterocycles. The maximum absolute atomic E-state index is 13.7. The van der Waals surface area contributed by atoms with E-state index in [-0.39, 0.29) is 29.0 Å². The summed E-state index contributed by atoms with van der Waals surface area (Å²) in [6.07, 6.45) is 0. The van der Waals surface area contributed by atoms with E-state index in [0.717, 1.165) is 11.3 Å². The smallest absolute Gasteiger partial charge is 0.312 e. The summed E-state index contributed by atoms with van der Waals surface area (Å²) in [6, 6.07) is 3.89. The van der Waals surface area contributed by atoms with Crippen molar-refractivity contribution >= 4 is 39.0 Å². The Morgan fingerprint density at radius 1 is 1.25 bits per heavy atom. The summed E-state index contributed by atoms with van der Waals surface area (Å²) < 4.78 is 14.3. The SMILES string of the molecule is NC(=O)NCCNC(=O)c1sc2cccc(F)c2c1N. The Morgan fingerprint density at radius 3 is 2.60 bits per heavy atom. The van der Waals surface area contributed by atoms with Crippen LogP contribution in [0.3, 0.4) is 0 Å². The standard InChI is InChI=1S/C12H13FN4O2S/c13-6-2-1-3-7-8(6)9(14)10(20-7)11(18)16-4-5-17-12(15)19/h1-3H,4-5,14H2,(H,16,18)(H3,15,17,19). The van der Waals surface area contributed by atoms with Crippen LogP contribution >= 0.6 is 11.3 Å². The highest BCUT2D eigenvalue weighted by Crippen LogP contribution is 2.35. The lowest BCUT2D eigenvalue weighted by atomic mass is 10.2. The highest BCUT2D eigenvalue weighted by Gasteiger charge is 2.18. The molecule has 8 heteroatoms. The van der Waals surface area contributed by atoms with Gasteiger partial charge in [0.2, 0.25) is 0 Å². The van der Waals surface area contributed by atoms with Gasteiger partial charge in [-0.3, -0.25) is 4.79 Å². The Kier molecular flexibility index (Phi) is 4.04. The van der Waals surface area contributed by atoms with Gasteiger partial charge in [0.25, 0.3) is 5.91 Å². The van der Waals surface area contributed by atoms with Crippen LogP contribution in [0.5, 0.6) is 0 Å². The number of hydrogen-bond acceptors (Lipinski definition) is 4. The number of nitrogens with one attached hydrogen (secondary N) is 2. The fourth-order valence-corrected chi connectivity index (χ4v) is 2.79. The molecule has 1 aromatic carbocycles. The second-order valence-corrected chi connectivity index (χ2v) is 5.06. The highest BCUT2D eigenvalue weighted by atomic mass is 32.1. The van der Waals surface area contributed by atoms with Crippen LogP contribution < -0.4 is 22.1 Å². The second kappa shape index (κ2) is 5.74. The lowest BCUT2D eigenvalue weighted by molar-refractivity contribution is 0.0959. The number of hydrogen-bond donors (Lipinski definition) is 4. The molecule has 2 rings (SSSR count). The summed E-state index contributed by atoms with van der Waals surface area (Å²) in [7, 11) is 0. The van der Waals surface area contributed by atoms with Gasteiger partial charge in [-0.2, -0.15) is 0 Å². The number of anilines is 1. The van der Waals surface area contributed by atoms with Gasteiger partial charge in [-0.05, 0) is 12.1 Å². The summed E-state index contributed by atoms with van der Waals surface area (Å²) in [4.78, 5) is 22.7. The normalized spacial score (nSPS) is 10.4. The molecule has 0 spiro atoms. The van der Waals surface area contributed by atoms with Crippen molar-refractivity contribution in [2.45, 2.75) is 0 Å². The highest BCUT2D eigenvalue weighted by molar-refractivity contribution is 7.21. The minimum Gasteiger partial charge on any atom is -0.397 e. The zero-order valence-corrected chi connectivity index (χ0v) is 11.2. The van der Waals surface area contributed by atoms with Gasteiger partial charge >= 0.3 is 6.03 Å². The number of primary amides is 1. The Bertz CT molecular complexity index is 671. The molecule has 0 unspecified atom stereocenters. The third kappa shape index (κ3) is 2.80. The summed E-state index contributed by atoms with van der Waals surface area (Å²) in [5.74, 6) is -0.861. The van der Waals surface area contributed by atoms with Gasteiger partial charge in [0.1, 0.15) is 10.7 Å². The van der Waals surface area contributed by atoms with Crippen LogP contribution in [0.4, 0.5) is 14.9 Å². The number of fused-ring (bicyclic) bond motifs is 1. The molecule has 0 saturated carbocycles. The van der Waals surface area contributed by atoms with Gasteiger partial charge in [-0.1, -0.05) is 6.07 Å². The fraction of sp³-hybridized carbons (Fsp3) is 0.167. The van der Waals surface area contributed by atoms with Crippen molar-refractivity contribution in [3.8, 4) is 0 Å². The minimum atomic E-state index is -0.664. The van der Waals surface area contributed by atoms with E-state index in [0.29, 0.717) is 4.70 Å². The number of carbonyl (C=O) groups is 2. The monoisotopic (exact) mass is 296 g/mol. The number of thiophene rings is 1. The Labute approximate surface area is 117 Å². The number of amides is 3. The van der Waals surface area contributed by atoms with E-state index in [2.05, 4.69) is 10.6 Å². The van der Waals surface area contributed by atoms with Crippen molar-refractivity contribution in [1.82, 2.24) is 10.6 Å². The number of urea groups is 1. The van der Waals surface area contributed by atoms with E-state index in [1.165, 1.54) is 6.07 Å². The molecule has 0 atom stereocenters. The van der Waals surface area contributed by atoms with Crippen LogP contribution in [-0.4, -0.2) is 25.0 Å². The fourth-order valence-electron chi connectivity index (χ4n) is 1.74. The number of halogens is 1. The summed E-state index contributed by atoms with van der Waals surface area (Å²) in [6.45, 7) is 0.415. The predicted octanol–water partition coefficient (Wildman–Crippen LogP) is 1.02. The molecule has 0 aliphatic heterocycles. The van der Waals surface area contributed by atoms with Crippen molar-refractivity contribution in [1.29, 1.82) is 0 Å². The Balaban J connectivity index is 2.13. The topological polar surface area (TPSA) is 110 Å². The van der Waals surface area contributed by atoms with Crippen LogP contribution in [0, 0.1) is 5.82 Å². The van der Waals surface area contributed by atoms with Crippen LogP contribution in [0.2, 0.25) is 0 Å². The molecule has 0 radical (unpaired) electrons. The first kappa shape index (κ1) is 14.1. The number of rotatable bonds is 4. The van der Waals surface area contributed by atoms with Crippen molar-refractivity contribution in [2.75, 3.05) is 18.8 Å². The zero-order valence-electron chi connectivity index (χ0n) is 10.4. The van der Waals surface area contributed by atoms with Gasteiger partial charge in [0.05, 0.1) is 11.1 Å². The van der Waals surface area contributed by atoms with Crippen LogP contribution in [0.15, 0.2) is 18.2 Å². The molecule has 0 bridgehead atoms. The molecule has 20 heavy (non-hydrogen) atoms. The van der Waals surface area contributed by atoms with Crippen molar-refractivity contribution in [2.24, 2.45) is 5.73 Å². The zero-order chi connectivity index (χ0) is 14.7. The molecule has 0 saturated heterocycles. The molecule has 0 fully saturated rings. The van der Waals surface area contributed by atoms with E-state index in [4.69, 9.17) is 11.5 Å². The van der Waals surface area contributed by atoms with Crippen molar-refractivity contribution in [3.63, 3.8) is 0 Å². The molecule has 2 aromatic rings. The number of carbonyl (C=O) groups excluding carboxylic acids is 2. The third-order valence-electron chi connectivity index (χ3n) is 2.62. The van der Waals surface area contributed by atoms with E-state index in [9.17, 15) is 14.0 Å². The summed E-state index contributed by atoms with van der Waals surface area (Å²) in [5.41, 5.74) is 10.8. The minimum absolute atomic E-state index is 0.128. The summed E-state index contributed by atoms with van der Waals surface area (Å²) in [5, 5.41) is 5.18. The molecule has 6 N–H and O–H groups in total. The quantitative estimate of drug-likeness (QED) is 0.632. The first-order valence-electron chi connectivity index (χ1n) is 5.78. The van der Waals surface area contributed by atoms with Gasteiger partial charge in [0.15, 0.2) is 0 Å². The maximum atomic E-state index is 13.7. The van der Waals surface area contributed by atoms with Crippen LogP contribution in [0.1, 0.15) is 9.67 Å². The lowest BCUT2D eigenvalue weighted by Crippen LogP contribution is -2.37. The van der Waals surface area contributed by atoms with Gasteiger partial charge in [0, 0.05) is 17.8 Å². The Hall–Kier alpha value is -2.35. The molecule has 1 aromatic heterocycles. The molecular weight excluding hydrogens is 283 g/mol. The van der Waals surface area contributed by atoms with Gasteiger partial charge in [-0.15, -0.1) is 11.3 Å². The largest absolute Gasteiger partial charge is 0.397 e. The van der Waals surface area contributed by atoms with E-state index >= 15 is 0 Å².